The molecule has 0 aliphatic carbocycles. The van der Waals surface area contributed by atoms with Gasteiger partial charge in [0.05, 0.1) is 17.7 Å². The highest BCUT2D eigenvalue weighted by Crippen LogP contribution is 2.21. The summed E-state index contributed by atoms with van der Waals surface area (Å²) in [5.74, 6) is 0.0112. The van der Waals surface area contributed by atoms with Gasteiger partial charge < -0.3 is 15.4 Å². The lowest BCUT2D eigenvalue weighted by atomic mass is 10.0. The molecule has 118 valence electrons. The number of carbonyl (C=O) groups excluding carboxylic acids is 1. The largest absolute Gasteiger partial charge is 0.369 e. The maximum absolute atomic E-state index is 12.5. The summed E-state index contributed by atoms with van der Waals surface area (Å²) >= 11 is 0. The van der Waals surface area contributed by atoms with Crippen molar-refractivity contribution in [3.63, 3.8) is 0 Å². The summed E-state index contributed by atoms with van der Waals surface area (Å²) in [4.78, 5) is 14.3. The van der Waals surface area contributed by atoms with Gasteiger partial charge in [-0.2, -0.15) is 0 Å². The number of carbonyl (C=O) groups is 1. The minimum atomic E-state index is -0.488. The van der Waals surface area contributed by atoms with Crippen LogP contribution in [0.1, 0.15) is 26.3 Å². The smallest absolute Gasteiger partial charge is 0.240 e. The second-order valence-corrected chi connectivity index (χ2v) is 6.20. The standard InChI is InChI=1S/C16H24N2O2.ClH/c1-12-10-18(11-16(2,3)20-12)15(19)14(17)9-13-7-5-4-6-8-13;/h4-8,12,14H,9-11,17H2,1-3H3;1H. The van der Waals surface area contributed by atoms with Gasteiger partial charge in [-0.3, -0.25) is 4.79 Å². The van der Waals surface area contributed by atoms with E-state index >= 15 is 0 Å². The number of amides is 1. The third-order valence-corrected chi connectivity index (χ3v) is 3.50. The molecule has 2 N–H and O–H groups in total. The quantitative estimate of drug-likeness (QED) is 0.929. The molecule has 0 bridgehead atoms. The van der Waals surface area contributed by atoms with Gasteiger partial charge in [0.15, 0.2) is 0 Å². The molecular weight excluding hydrogens is 288 g/mol. The molecule has 0 aromatic heterocycles. The van der Waals surface area contributed by atoms with Gasteiger partial charge in [0.25, 0.3) is 0 Å². The Hall–Kier alpha value is -1.10. The predicted octanol–water partition coefficient (Wildman–Crippen LogP) is 2.00. The summed E-state index contributed by atoms with van der Waals surface area (Å²) < 4.78 is 5.82. The first kappa shape index (κ1) is 18.0. The molecule has 0 spiro atoms. The minimum absolute atomic E-state index is 0. The zero-order valence-electron chi connectivity index (χ0n) is 12.9. The van der Waals surface area contributed by atoms with Crippen molar-refractivity contribution in [2.45, 2.75) is 44.9 Å². The van der Waals surface area contributed by atoms with Crippen LogP contribution in [0.25, 0.3) is 0 Å². The number of hydrogen-bond acceptors (Lipinski definition) is 3. The van der Waals surface area contributed by atoms with E-state index in [9.17, 15) is 4.79 Å². The predicted molar refractivity (Wildman–Crippen MR) is 86.6 cm³/mol. The molecule has 1 saturated heterocycles. The van der Waals surface area contributed by atoms with Crippen LogP contribution >= 0.6 is 12.4 Å². The second-order valence-electron chi connectivity index (χ2n) is 6.20. The van der Waals surface area contributed by atoms with Gasteiger partial charge in [0, 0.05) is 13.1 Å². The molecule has 1 aliphatic heterocycles. The summed E-state index contributed by atoms with van der Waals surface area (Å²) in [5, 5.41) is 0. The van der Waals surface area contributed by atoms with Crippen molar-refractivity contribution in [3.8, 4) is 0 Å². The first-order valence-electron chi connectivity index (χ1n) is 7.13. The van der Waals surface area contributed by atoms with Crippen LogP contribution in [0.5, 0.6) is 0 Å². The first-order chi connectivity index (χ1) is 9.37. The van der Waals surface area contributed by atoms with Crippen LogP contribution < -0.4 is 5.73 Å². The van der Waals surface area contributed by atoms with Gasteiger partial charge in [-0.05, 0) is 32.8 Å². The maximum atomic E-state index is 12.5. The molecule has 1 amide bonds. The lowest BCUT2D eigenvalue weighted by molar-refractivity contribution is -0.159. The molecule has 5 heteroatoms. The number of hydrogen-bond donors (Lipinski definition) is 1. The van der Waals surface area contributed by atoms with Crippen LogP contribution in [-0.2, 0) is 16.0 Å². The van der Waals surface area contributed by atoms with E-state index in [0.29, 0.717) is 19.5 Å². The molecule has 2 rings (SSSR count). The zero-order chi connectivity index (χ0) is 14.8. The van der Waals surface area contributed by atoms with Crippen molar-refractivity contribution in [2.24, 2.45) is 5.73 Å². The van der Waals surface area contributed by atoms with Crippen molar-refractivity contribution < 1.29 is 9.53 Å². The Morgan fingerprint density at radius 3 is 2.62 bits per heavy atom. The molecule has 1 aliphatic rings. The van der Waals surface area contributed by atoms with E-state index in [1.54, 1.807) is 0 Å². The topological polar surface area (TPSA) is 55.6 Å². The summed E-state index contributed by atoms with van der Waals surface area (Å²) in [6.07, 6.45) is 0.623. The summed E-state index contributed by atoms with van der Waals surface area (Å²) in [5.41, 5.74) is 6.87. The van der Waals surface area contributed by atoms with Crippen LogP contribution in [0.2, 0.25) is 0 Å². The summed E-state index contributed by atoms with van der Waals surface area (Å²) in [6.45, 7) is 7.21. The van der Waals surface area contributed by atoms with Crippen molar-refractivity contribution >= 4 is 18.3 Å². The monoisotopic (exact) mass is 312 g/mol. The average molecular weight is 313 g/mol. The molecule has 1 aromatic carbocycles. The molecule has 1 fully saturated rings. The zero-order valence-corrected chi connectivity index (χ0v) is 13.7. The number of halogens is 1. The average Bonchev–Trinajstić information content (AvgIpc) is 2.36. The number of rotatable bonds is 3. The maximum Gasteiger partial charge on any atom is 0.240 e. The Labute approximate surface area is 133 Å². The molecular formula is C16H25ClN2O2. The van der Waals surface area contributed by atoms with Crippen molar-refractivity contribution in [1.82, 2.24) is 4.90 Å². The van der Waals surface area contributed by atoms with Gasteiger partial charge in [-0.1, -0.05) is 30.3 Å². The Balaban J connectivity index is 0.00000220. The number of morpholine rings is 1. The normalized spacial score (nSPS) is 22.3. The molecule has 4 nitrogen and oxygen atoms in total. The number of nitrogens with zero attached hydrogens (tertiary/aromatic N) is 1. The Bertz CT molecular complexity index is 465. The van der Waals surface area contributed by atoms with E-state index < -0.39 is 6.04 Å². The van der Waals surface area contributed by atoms with E-state index in [0.717, 1.165) is 5.56 Å². The number of ether oxygens (including phenoxy) is 1. The van der Waals surface area contributed by atoms with E-state index in [1.807, 2.05) is 56.0 Å². The molecule has 0 saturated carbocycles. The highest BCUT2D eigenvalue weighted by atomic mass is 35.5. The van der Waals surface area contributed by atoms with Gasteiger partial charge in [0.1, 0.15) is 0 Å². The Morgan fingerprint density at radius 2 is 2.05 bits per heavy atom. The Kier molecular flexibility index (Phi) is 6.20. The summed E-state index contributed by atoms with van der Waals surface area (Å²) in [6, 6.07) is 9.40. The van der Waals surface area contributed by atoms with Crippen molar-refractivity contribution in [3.05, 3.63) is 35.9 Å². The molecule has 1 heterocycles. The fourth-order valence-electron chi connectivity index (χ4n) is 2.81. The fourth-order valence-corrected chi connectivity index (χ4v) is 2.81. The van der Waals surface area contributed by atoms with Crippen LogP contribution in [0.15, 0.2) is 30.3 Å². The van der Waals surface area contributed by atoms with Crippen LogP contribution in [0.4, 0.5) is 0 Å². The Morgan fingerprint density at radius 1 is 1.43 bits per heavy atom. The van der Waals surface area contributed by atoms with Crippen LogP contribution in [-0.4, -0.2) is 41.6 Å². The van der Waals surface area contributed by atoms with Gasteiger partial charge in [0.2, 0.25) is 5.91 Å². The number of benzene rings is 1. The van der Waals surface area contributed by atoms with Gasteiger partial charge in [-0.15, -0.1) is 12.4 Å². The lowest BCUT2D eigenvalue weighted by Gasteiger charge is -2.42. The first-order valence-corrected chi connectivity index (χ1v) is 7.13. The molecule has 2 atom stereocenters. The third-order valence-electron chi connectivity index (χ3n) is 3.50. The lowest BCUT2D eigenvalue weighted by Crippen LogP contribution is -2.57. The molecule has 21 heavy (non-hydrogen) atoms. The van der Waals surface area contributed by atoms with Crippen LogP contribution in [0, 0.1) is 0 Å². The van der Waals surface area contributed by atoms with E-state index in [1.165, 1.54) is 0 Å². The fraction of sp³-hybridized carbons (Fsp3) is 0.562. The van der Waals surface area contributed by atoms with Crippen molar-refractivity contribution in [1.29, 1.82) is 0 Å². The molecule has 2 unspecified atom stereocenters. The van der Waals surface area contributed by atoms with Crippen molar-refractivity contribution in [2.75, 3.05) is 13.1 Å². The second kappa shape index (κ2) is 7.25. The molecule has 1 aromatic rings. The van der Waals surface area contributed by atoms with E-state index in [4.69, 9.17) is 10.5 Å². The SMILES string of the molecule is CC1CN(C(=O)C(N)Cc2ccccc2)CC(C)(C)O1.Cl. The van der Waals surface area contributed by atoms with Gasteiger partial charge in [-0.25, -0.2) is 0 Å². The molecule has 0 radical (unpaired) electrons. The third kappa shape index (κ3) is 4.99. The highest BCUT2D eigenvalue weighted by molar-refractivity contribution is 5.85. The number of nitrogens with two attached hydrogens (primary N) is 1. The van der Waals surface area contributed by atoms with Gasteiger partial charge >= 0.3 is 0 Å². The van der Waals surface area contributed by atoms with Crippen LogP contribution in [0.3, 0.4) is 0 Å². The summed E-state index contributed by atoms with van der Waals surface area (Å²) in [7, 11) is 0. The van der Waals surface area contributed by atoms with E-state index in [2.05, 4.69) is 0 Å². The van der Waals surface area contributed by atoms with E-state index in [-0.39, 0.29) is 30.0 Å². The minimum Gasteiger partial charge on any atom is -0.369 e. The highest BCUT2D eigenvalue weighted by Gasteiger charge is 2.35.